The first-order valence-electron chi connectivity index (χ1n) is 5.22. The molecule has 0 radical (unpaired) electrons. The maximum absolute atomic E-state index is 11.1. The zero-order valence-corrected chi connectivity index (χ0v) is 10.7. The van der Waals surface area contributed by atoms with Gasteiger partial charge in [0.25, 0.3) is 5.22 Å². The van der Waals surface area contributed by atoms with E-state index in [1.807, 2.05) is 13.8 Å². The predicted octanol–water partition coefficient (Wildman–Crippen LogP) is 2.72. The van der Waals surface area contributed by atoms with E-state index in [4.69, 9.17) is 15.3 Å². The molecule has 0 amide bonds. The number of rotatable bonds is 3. The van der Waals surface area contributed by atoms with Gasteiger partial charge in [-0.25, -0.2) is 9.78 Å². The highest BCUT2D eigenvalue weighted by molar-refractivity contribution is 7.99. The predicted molar refractivity (Wildman–Crippen MR) is 67.9 cm³/mol. The number of nitrogens with zero attached hydrogens (tertiary/aromatic N) is 1. The van der Waals surface area contributed by atoms with E-state index in [1.165, 1.54) is 6.07 Å². The second-order valence-corrected chi connectivity index (χ2v) is 4.78. The Morgan fingerprint density at radius 1 is 1.44 bits per heavy atom. The van der Waals surface area contributed by atoms with Crippen molar-refractivity contribution < 1.29 is 14.3 Å². The Morgan fingerprint density at radius 3 is 2.72 bits per heavy atom. The van der Waals surface area contributed by atoms with Crippen molar-refractivity contribution >= 4 is 23.4 Å². The van der Waals surface area contributed by atoms with Gasteiger partial charge in [0.15, 0.2) is 0 Å². The molecule has 0 aliphatic carbocycles. The van der Waals surface area contributed by atoms with Crippen molar-refractivity contribution in [3.8, 4) is 0 Å². The number of benzene rings is 1. The second-order valence-electron chi connectivity index (χ2n) is 3.78. The molecule has 2 rings (SSSR count). The smallest absolute Gasteiger partial charge is 0.336 e. The minimum absolute atomic E-state index is 0.183. The monoisotopic (exact) mass is 264 g/mol. The maximum Gasteiger partial charge on any atom is 0.336 e. The van der Waals surface area contributed by atoms with Gasteiger partial charge < -0.3 is 15.3 Å². The van der Waals surface area contributed by atoms with E-state index in [0.717, 1.165) is 23.2 Å². The van der Waals surface area contributed by atoms with Crippen molar-refractivity contribution in [3.05, 3.63) is 35.2 Å². The van der Waals surface area contributed by atoms with Crippen LogP contribution in [0.5, 0.6) is 0 Å². The summed E-state index contributed by atoms with van der Waals surface area (Å²) in [5.74, 6) is -0.282. The number of nitrogen functional groups attached to an aromatic ring is 1. The van der Waals surface area contributed by atoms with Crippen molar-refractivity contribution in [2.75, 3.05) is 5.73 Å². The lowest BCUT2D eigenvalue weighted by Crippen LogP contribution is -1.99. The summed E-state index contributed by atoms with van der Waals surface area (Å²) in [6, 6.07) is 4.63. The molecule has 0 spiro atoms. The number of carbonyl (C=O) groups is 1. The number of hydrogen-bond acceptors (Lipinski definition) is 5. The molecule has 0 saturated heterocycles. The Hall–Kier alpha value is -1.95. The summed E-state index contributed by atoms with van der Waals surface area (Å²) in [7, 11) is 0. The zero-order chi connectivity index (χ0) is 13.3. The standard InChI is InChI=1S/C12H12N2O3S/c1-6-7(2)17-12(14-6)18-10-5-8(13)3-4-9(10)11(15)16/h3-5H,13H2,1-2H3,(H,15,16). The molecule has 0 aliphatic rings. The fraction of sp³-hybridized carbons (Fsp3) is 0.167. The molecule has 94 valence electrons. The van der Waals surface area contributed by atoms with Crippen LogP contribution in [0.15, 0.2) is 32.7 Å². The normalized spacial score (nSPS) is 10.6. The van der Waals surface area contributed by atoms with Crippen molar-refractivity contribution in [2.24, 2.45) is 0 Å². The average Bonchev–Trinajstić information content (AvgIpc) is 2.57. The number of aromatic nitrogens is 1. The molecule has 0 atom stereocenters. The van der Waals surface area contributed by atoms with Gasteiger partial charge >= 0.3 is 5.97 Å². The summed E-state index contributed by atoms with van der Waals surface area (Å²) in [6.07, 6.45) is 0. The van der Waals surface area contributed by atoms with Gasteiger partial charge in [-0.15, -0.1) is 0 Å². The van der Waals surface area contributed by atoms with E-state index in [2.05, 4.69) is 4.98 Å². The number of anilines is 1. The van der Waals surface area contributed by atoms with E-state index >= 15 is 0 Å². The fourth-order valence-corrected chi connectivity index (χ4v) is 2.38. The minimum Gasteiger partial charge on any atom is -0.478 e. The number of aromatic carboxylic acids is 1. The third-order valence-electron chi connectivity index (χ3n) is 2.44. The number of oxazole rings is 1. The third kappa shape index (κ3) is 2.48. The third-order valence-corrected chi connectivity index (χ3v) is 3.35. The average molecular weight is 264 g/mol. The van der Waals surface area contributed by atoms with Crippen LogP contribution >= 0.6 is 11.8 Å². The molecule has 0 bridgehead atoms. The molecule has 0 fully saturated rings. The zero-order valence-electron chi connectivity index (χ0n) is 9.93. The van der Waals surface area contributed by atoms with Gasteiger partial charge in [-0.2, -0.15) is 0 Å². The molecule has 2 aromatic rings. The Kier molecular flexibility index (Phi) is 3.29. The van der Waals surface area contributed by atoms with Crippen LogP contribution in [0.2, 0.25) is 0 Å². The van der Waals surface area contributed by atoms with Crippen molar-refractivity contribution in [1.29, 1.82) is 0 Å². The van der Waals surface area contributed by atoms with E-state index in [9.17, 15) is 4.79 Å². The molecule has 0 aliphatic heterocycles. The van der Waals surface area contributed by atoms with Gasteiger partial charge in [-0.1, -0.05) is 0 Å². The van der Waals surface area contributed by atoms with E-state index in [0.29, 0.717) is 15.8 Å². The molecular formula is C12H12N2O3S. The Bertz CT molecular complexity index is 588. The molecule has 0 saturated carbocycles. The second kappa shape index (κ2) is 4.73. The molecule has 0 unspecified atom stereocenters. The van der Waals surface area contributed by atoms with Crippen molar-refractivity contribution in [1.82, 2.24) is 4.98 Å². The van der Waals surface area contributed by atoms with Crippen molar-refractivity contribution in [2.45, 2.75) is 24.0 Å². The maximum atomic E-state index is 11.1. The number of hydrogen-bond donors (Lipinski definition) is 2. The minimum atomic E-state index is -1.00. The van der Waals surface area contributed by atoms with Crippen LogP contribution in [-0.2, 0) is 0 Å². The van der Waals surface area contributed by atoms with Crippen LogP contribution in [0.4, 0.5) is 5.69 Å². The topological polar surface area (TPSA) is 89.3 Å². The van der Waals surface area contributed by atoms with Gasteiger partial charge in [0.2, 0.25) is 0 Å². The van der Waals surface area contributed by atoms with Crippen LogP contribution in [0.1, 0.15) is 21.8 Å². The van der Waals surface area contributed by atoms with Crippen LogP contribution in [0, 0.1) is 13.8 Å². The number of carboxylic acid groups (broad SMARTS) is 1. The fourth-order valence-electron chi connectivity index (χ4n) is 1.38. The van der Waals surface area contributed by atoms with Crippen molar-refractivity contribution in [3.63, 3.8) is 0 Å². The Labute approximate surface area is 108 Å². The summed E-state index contributed by atoms with van der Waals surface area (Å²) in [5.41, 5.74) is 7.13. The number of carboxylic acids is 1. The molecular weight excluding hydrogens is 252 g/mol. The molecule has 18 heavy (non-hydrogen) atoms. The molecule has 6 heteroatoms. The van der Waals surface area contributed by atoms with E-state index < -0.39 is 5.97 Å². The lowest BCUT2D eigenvalue weighted by atomic mass is 10.2. The first kappa shape index (κ1) is 12.5. The molecule has 1 heterocycles. The quantitative estimate of drug-likeness (QED) is 0.828. The van der Waals surface area contributed by atoms with Gasteiger partial charge in [-0.05, 0) is 43.8 Å². The first-order valence-corrected chi connectivity index (χ1v) is 6.03. The first-order chi connectivity index (χ1) is 8.47. The summed E-state index contributed by atoms with van der Waals surface area (Å²) >= 11 is 1.15. The molecule has 1 aromatic carbocycles. The lowest BCUT2D eigenvalue weighted by molar-refractivity contribution is 0.0693. The number of nitrogens with two attached hydrogens (primary N) is 1. The molecule has 3 N–H and O–H groups in total. The summed E-state index contributed by atoms with van der Waals surface area (Å²) in [4.78, 5) is 15.8. The van der Waals surface area contributed by atoms with Gasteiger partial charge in [0.1, 0.15) is 5.76 Å². The van der Waals surface area contributed by atoms with E-state index in [1.54, 1.807) is 12.1 Å². The van der Waals surface area contributed by atoms with Gasteiger partial charge in [0, 0.05) is 10.6 Å². The Balaban J connectivity index is 2.38. The summed E-state index contributed by atoms with van der Waals surface area (Å²) in [5, 5.41) is 9.50. The summed E-state index contributed by atoms with van der Waals surface area (Å²) in [6.45, 7) is 3.64. The molecule has 5 nitrogen and oxygen atoms in total. The highest BCUT2D eigenvalue weighted by Crippen LogP contribution is 2.32. The lowest BCUT2D eigenvalue weighted by Gasteiger charge is -2.04. The van der Waals surface area contributed by atoms with Crippen LogP contribution < -0.4 is 5.73 Å². The highest BCUT2D eigenvalue weighted by atomic mass is 32.2. The molecule has 1 aromatic heterocycles. The van der Waals surface area contributed by atoms with Crippen LogP contribution in [-0.4, -0.2) is 16.1 Å². The van der Waals surface area contributed by atoms with Crippen LogP contribution in [0.25, 0.3) is 0 Å². The van der Waals surface area contributed by atoms with E-state index in [-0.39, 0.29) is 5.56 Å². The largest absolute Gasteiger partial charge is 0.478 e. The summed E-state index contributed by atoms with van der Waals surface area (Å²) < 4.78 is 5.41. The van der Waals surface area contributed by atoms with Gasteiger partial charge in [0.05, 0.1) is 11.3 Å². The number of aryl methyl sites for hydroxylation is 2. The Morgan fingerprint density at radius 2 is 2.17 bits per heavy atom. The van der Waals surface area contributed by atoms with Crippen LogP contribution in [0.3, 0.4) is 0 Å². The highest BCUT2D eigenvalue weighted by Gasteiger charge is 2.15. The SMILES string of the molecule is Cc1nc(Sc2cc(N)ccc2C(=O)O)oc1C. The van der Waals surface area contributed by atoms with Gasteiger partial charge in [-0.3, -0.25) is 0 Å².